The molecule has 2 aliphatic heterocycles. The van der Waals surface area contributed by atoms with Crippen molar-refractivity contribution >= 4 is 23.6 Å². The fourth-order valence-corrected chi connectivity index (χ4v) is 4.27. The number of aromatic hydroxyl groups is 1. The Balaban J connectivity index is 1.64. The van der Waals surface area contributed by atoms with Crippen LogP contribution in [0.1, 0.15) is 42.3 Å². The van der Waals surface area contributed by atoms with E-state index in [9.17, 15) is 24.3 Å². The van der Waals surface area contributed by atoms with Gasteiger partial charge in [-0.3, -0.25) is 24.2 Å². The standard InChI is InChI=1S/C30H33N5O6/c1-17(2)26-30(40)33-18(3)27(37)34-24(29(39)32-16-20-5-4-12-31-15-20)13-19-6-8-21(9-7-19)41-22-10-11-25(36)23(14-22)28(38)35-26/h4-12,14-15,17-18,24,26,36H,13,16H2,1-3H3,(H,32,39)(H,33,40)(H,34,37)(H,35,38)/t18-,24-,26-/m0/s1. The van der Waals surface area contributed by atoms with Crippen LogP contribution in [0.5, 0.6) is 17.2 Å². The van der Waals surface area contributed by atoms with Gasteiger partial charge in [-0.1, -0.05) is 32.0 Å². The van der Waals surface area contributed by atoms with Crippen LogP contribution in [0.25, 0.3) is 0 Å². The molecule has 0 spiro atoms. The van der Waals surface area contributed by atoms with Crippen molar-refractivity contribution in [1.82, 2.24) is 26.3 Å². The topological polar surface area (TPSA) is 159 Å². The summed E-state index contributed by atoms with van der Waals surface area (Å²) in [5.74, 6) is -2.09. The highest BCUT2D eigenvalue weighted by molar-refractivity contribution is 6.00. The van der Waals surface area contributed by atoms with Crippen molar-refractivity contribution in [2.24, 2.45) is 5.92 Å². The number of fused-ring (bicyclic) bond motifs is 11. The molecule has 3 atom stereocenters. The zero-order valence-corrected chi connectivity index (χ0v) is 23.0. The summed E-state index contributed by atoms with van der Waals surface area (Å²) < 4.78 is 5.88. The molecule has 214 valence electrons. The van der Waals surface area contributed by atoms with E-state index in [4.69, 9.17) is 4.74 Å². The summed E-state index contributed by atoms with van der Waals surface area (Å²) in [5.41, 5.74) is 1.49. The lowest BCUT2D eigenvalue weighted by molar-refractivity contribution is -0.132. The van der Waals surface area contributed by atoms with Crippen molar-refractivity contribution in [3.8, 4) is 17.2 Å². The number of nitrogens with one attached hydrogen (secondary N) is 4. The van der Waals surface area contributed by atoms with E-state index in [-0.39, 0.29) is 30.2 Å². The second-order valence-electron chi connectivity index (χ2n) is 10.2. The Labute approximate surface area is 237 Å². The molecule has 2 aliphatic rings. The molecule has 0 saturated carbocycles. The van der Waals surface area contributed by atoms with Crippen molar-refractivity contribution in [1.29, 1.82) is 0 Å². The quantitative estimate of drug-likeness (QED) is 0.307. The predicted octanol–water partition coefficient (Wildman–Crippen LogP) is 2.20. The monoisotopic (exact) mass is 559 g/mol. The fraction of sp³-hybridized carbons (Fsp3) is 0.300. The van der Waals surface area contributed by atoms with Crippen LogP contribution in [-0.4, -0.2) is 51.8 Å². The average Bonchev–Trinajstić information content (AvgIpc) is 2.95. The Morgan fingerprint density at radius 1 is 1.02 bits per heavy atom. The van der Waals surface area contributed by atoms with Gasteiger partial charge in [-0.25, -0.2) is 0 Å². The highest BCUT2D eigenvalue weighted by Crippen LogP contribution is 2.28. The van der Waals surface area contributed by atoms with Gasteiger partial charge >= 0.3 is 0 Å². The van der Waals surface area contributed by atoms with Crippen LogP contribution in [0, 0.1) is 5.92 Å². The lowest BCUT2D eigenvalue weighted by Gasteiger charge is -2.25. The molecule has 0 aliphatic carbocycles. The number of ether oxygens (including phenoxy) is 1. The summed E-state index contributed by atoms with van der Waals surface area (Å²) in [7, 11) is 0. The van der Waals surface area contributed by atoms with Crippen molar-refractivity contribution in [3.63, 3.8) is 0 Å². The molecule has 4 bridgehead atoms. The summed E-state index contributed by atoms with van der Waals surface area (Å²) >= 11 is 0. The minimum absolute atomic E-state index is 0.0652. The highest BCUT2D eigenvalue weighted by atomic mass is 16.5. The first-order chi connectivity index (χ1) is 19.6. The van der Waals surface area contributed by atoms with E-state index in [2.05, 4.69) is 26.3 Å². The molecule has 4 amide bonds. The van der Waals surface area contributed by atoms with Gasteiger partial charge in [0, 0.05) is 25.4 Å². The van der Waals surface area contributed by atoms with Crippen LogP contribution in [0.4, 0.5) is 0 Å². The molecule has 0 fully saturated rings. The lowest BCUT2D eigenvalue weighted by atomic mass is 10.0. The minimum atomic E-state index is -1.01. The van der Waals surface area contributed by atoms with Crippen LogP contribution < -0.4 is 26.0 Å². The number of benzene rings is 2. The maximum atomic E-state index is 13.2. The molecule has 0 saturated heterocycles. The Morgan fingerprint density at radius 2 is 1.76 bits per heavy atom. The van der Waals surface area contributed by atoms with E-state index in [1.54, 1.807) is 56.6 Å². The van der Waals surface area contributed by atoms with E-state index in [1.807, 2.05) is 6.07 Å². The number of nitrogens with zero attached hydrogens (tertiary/aromatic N) is 1. The Bertz CT molecular complexity index is 1410. The zero-order valence-electron chi connectivity index (χ0n) is 23.0. The van der Waals surface area contributed by atoms with Crippen LogP contribution in [0.2, 0.25) is 0 Å². The number of carbonyl (C=O) groups is 4. The largest absolute Gasteiger partial charge is 0.507 e. The predicted molar refractivity (Wildman–Crippen MR) is 150 cm³/mol. The molecule has 2 aromatic carbocycles. The molecular formula is C30H33N5O6. The second-order valence-corrected chi connectivity index (χ2v) is 10.2. The first kappa shape index (κ1) is 29.1. The summed E-state index contributed by atoms with van der Waals surface area (Å²) in [5, 5.41) is 21.2. The van der Waals surface area contributed by atoms with Gasteiger partial charge in [-0.15, -0.1) is 0 Å². The third-order valence-corrected chi connectivity index (χ3v) is 6.62. The van der Waals surface area contributed by atoms with Gasteiger partial charge in [0.15, 0.2) is 0 Å². The molecule has 11 heteroatoms. The maximum Gasteiger partial charge on any atom is 0.255 e. The van der Waals surface area contributed by atoms with E-state index in [0.717, 1.165) is 11.1 Å². The Kier molecular flexibility index (Phi) is 9.18. The van der Waals surface area contributed by atoms with E-state index in [0.29, 0.717) is 11.5 Å². The maximum absolute atomic E-state index is 13.2. The summed E-state index contributed by atoms with van der Waals surface area (Å²) in [6.07, 6.45) is 3.45. The number of hydrogen-bond acceptors (Lipinski definition) is 7. The Hall–Kier alpha value is -4.93. The number of amides is 4. The molecule has 3 aromatic rings. The fourth-order valence-electron chi connectivity index (χ4n) is 4.27. The summed E-state index contributed by atoms with van der Waals surface area (Å²) in [6.45, 7) is 5.21. The average molecular weight is 560 g/mol. The minimum Gasteiger partial charge on any atom is -0.507 e. The third kappa shape index (κ3) is 7.59. The van der Waals surface area contributed by atoms with Crippen molar-refractivity contribution in [2.75, 3.05) is 0 Å². The van der Waals surface area contributed by atoms with Gasteiger partial charge in [0.2, 0.25) is 17.7 Å². The highest BCUT2D eigenvalue weighted by Gasteiger charge is 2.30. The molecular weight excluding hydrogens is 526 g/mol. The van der Waals surface area contributed by atoms with Crippen molar-refractivity contribution in [3.05, 3.63) is 83.7 Å². The van der Waals surface area contributed by atoms with Crippen LogP contribution >= 0.6 is 0 Å². The number of aromatic nitrogens is 1. The van der Waals surface area contributed by atoms with Gasteiger partial charge in [-0.2, -0.15) is 0 Å². The van der Waals surface area contributed by atoms with Crippen molar-refractivity contribution in [2.45, 2.75) is 51.9 Å². The van der Waals surface area contributed by atoms with Crippen LogP contribution in [0.15, 0.2) is 67.0 Å². The number of carbonyl (C=O) groups excluding carboxylic acids is 4. The normalized spacial score (nSPS) is 19.7. The van der Waals surface area contributed by atoms with Crippen LogP contribution in [-0.2, 0) is 27.3 Å². The zero-order chi connectivity index (χ0) is 29.5. The van der Waals surface area contributed by atoms with E-state index >= 15 is 0 Å². The second kappa shape index (κ2) is 12.9. The van der Waals surface area contributed by atoms with E-state index in [1.165, 1.54) is 25.1 Å². The molecule has 1 aromatic heterocycles. The lowest BCUT2D eigenvalue weighted by Crippen LogP contribution is -2.57. The smallest absolute Gasteiger partial charge is 0.255 e. The Morgan fingerprint density at radius 3 is 2.44 bits per heavy atom. The molecule has 0 radical (unpaired) electrons. The molecule has 11 nitrogen and oxygen atoms in total. The number of phenolic OH excluding ortho intramolecular Hbond substituents is 1. The first-order valence-electron chi connectivity index (χ1n) is 13.3. The number of phenols is 1. The molecule has 5 N–H and O–H groups in total. The summed E-state index contributed by atoms with van der Waals surface area (Å²) in [4.78, 5) is 56.6. The van der Waals surface area contributed by atoms with Crippen LogP contribution in [0.3, 0.4) is 0 Å². The van der Waals surface area contributed by atoms with E-state index < -0.39 is 41.8 Å². The molecule has 5 rings (SSSR count). The molecule has 3 heterocycles. The first-order valence-corrected chi connectivity index (χ1v) is 13.3. The number of rotatable bonds is 4. The summed E-state index contributed by atoms with van der Waals surface area (Å²) in [6, 6.07) is 11.8. The molecule has 41 heavy (non-hydrogen) atoms. The number of pyridine rings is 1. The third-order valence-electron chi connectivity index (χ3n) is 6.62. The van der Waals surface area contributed by atoms with Gasteiger partial charge in [-0.05, 0) is 60.4 Å². The van der Waals surface area contributed by atoms with Crippen molar-refractivity contribution < 1.29 is 29.0 Å². The van der Waals surface area contributed by atoms with Gasteiger partial charge < -0.3 is 31.1 Å². The number of hydrogen-bond donors (Lipinski definition) is 5. The SMILES string of the molecule is CC(C)[C@@H]1NC(=O)c2cc(ccc2O)Oc2ccc(cc2)C[C@@H](C(=O)NCc2cccnc2)NC(=O)[C@H](C)NC1=O. The molecule has 0 unspecified atom stereocenters. The van der Waals surface area contributed by atoms with Gasteiger partial charge in [0.1, 0.15) is 35.4 Å². The van der Waals surface area contributed by atoms with Gasteiger partial charge in [0.05, 0.1) is 5.56 Å². The van der Waals surface area contributed by atoms with Gasteiger partial charge in [0.25, 0.3) is 5.91 Å².